The predicted octanol–water partition coefficient (Wildman–Crippen LogP) is 2.97. The zero-order valence-corrected chi connectivity index (χ0v) is 20.9. The third-order valence-electron chi connectivity index (χ3n) is 7.77. The van der Waals surface area contributed by atoms with Crippen molar-refractivity contribution in [1.82, 2.24) is 24.5 Å². The summed E-state index contributed by atoms with van der Waals surface area (Å²) in [6.07, 6.45) is 6.19. The Morgan fingerprint density at radius 2 is 1.66 bits per heavy atom. The lowest BCUT2D eigenvalue weighted by molar-refractivity contribution is -0.147. The van der Waals surface area contributed by atoms with E-state index in [0.717, 1.165) is 35.2 Å². The summed E-state index contributed by atoms with van der Waals surface area (Å²) in [4.78, 5) is 48.0. The summed E-state index contributed by atoms with van der Waals surface area (Å²) in [5.41, 5.74) is 16.8. The van der Waals surface area contributed by atoms with Gasteiger partial charge in [-0.15, -0.1) is 0 Å². The molecule has 2 amide bonds. The van der Waals surface area contributed by atoms with Crippen molar-refractivity contribution >= 4 is 29.1 Å². The van der Waals surface area contributed by atoms with Crippen molar-refractivity contribution in [2.24, 2.45) is 5.73 Å². The molecule has 3 aromatic heterocycles. The number of hydrogen-bond donors (Lipinski definition) is 2. The number of ketones is 1. The summed E-state index contributed by atoms with van der Waals surface area (Å²) in [6, 6.07) is 13.6. The van der Waals surface area contributed by atoms with Gasteiger partial charge < -0.3 is 16.4 Å². The standard InChI is InChI=1S/C28H27N7O3/c1-15(36)23-24(18-11-19-8-9-20(12-18)34(19)28(38)26(30)37)33-27-21(14-32-35(27)25(23)29)17-7-10-22(31-13-17)16-5-3-2-4-6-16/h2-7,10,13-14,18-20H,8-9,11-12,29H2,1H3,(H2,30,37). The zero-order chi connectivity index (χ0) is 26.6. The number of benzene rings is 1. The summed E-state index contributed by atoms with van der Waals surface area (Å²) < 4.78 is 1.50. The number of carbonyl (C=O) groups is 3. The number of nitrogens with two attached hydrogens (primary N) is 2. The highest BCUT2D eigenvalue weighted by Crippen LogP contribution is 2.44. The van der Waals surface area contributed by atoms with Gasteiger partial charge in [0.2, 0.25) is 0 Å². The van der Waals surface area contributed by atoms with E-state index in [4.69, 9.17) is 16.5 Å². The quantitative estimate of drug-likeness (QED) is 0.317. The first kappa shape index (κ1) is 23.8. The molecule has 0 saturated carbocycles. The molecule has 10 nitrogen and oxygen atoms in total. The number of aromatic nitrogens is 4. The normalized spacial score (nSPS) is 20.6. The Morgan fingerprint density at radius 1 is 0.947 bits per heavy atom. The first-order chi connectivity index (χ1) is 18.3. The van der Waals surface area contributed by atoms with Crippen LogP contribution in [0, 0.1) is 0 Å². The van der Waals surface area contributed by atoms with Crippen LogP contribution in [0.25, 0.3) is 28.0 Å². The van der Waals surface area contributed by atoms with E-state index in [0.29, 0.717) is 29.7 Å². The van der Waals surface area contributed by atoms with E-state index >= 15 is 0 Å². The summed E-state index contributed by atoms with van der Waals surface area (Å²) in [7, 11) is 0. The Kier molecular flexibility index (Phi) is 5.67. The molecule has 2 aliphatic heterocycles. The number of anilines is 1. The molecule has 2 atom stereocenters. The summed E-state index contributed by atoms with van der Waals surface area (Å²) in [5.74, 6) is -1.64. The van der Waals surface area contributed by atoms with Crippen LogP contribution in [0.3, 0.4) is 0 Å². The third kappa shape index (κ3) is 3.80. The monoisotopic (exact) mass is 509 g/mol. The molecule has 0 spiro atoms. The third-order valence-corrected chi connectivity index (χ3v) is 7.77. The van der Waals surface area contributed by atoms with Gasteiger partial charge >= 0.3 is 11.8 Å². The van der Waals surface area contributed by atoms with E-state index in [2.05, 4.69) is 10.1 Å². The number of primary amides is 1. The van der Waals surface area contributed by atoms with E-state index in [1.54, 1.807) is 17.3 Å². The van der Waals surface area contributed by atoms with Crippen molar-refractivity contribution in [1.29, 1.82) is 0 Å². The molecule has 6 rings (SSSR count). The van der Waals surface area contributed by atoms with Crippen LogP contribution in [0.2, 0.25) is 0 Å². The van der Waals surface area contributed by atoms with E-state index in [9.17, 15) is 14.4 Å². The number of amides is 2. The Bertz CT molecular complexity index is 1570. The lowest BCUT2D eigenvalue weighted by Crippen LogP contribution is -2.50. The molecule has 38 heavy (non-hydrogen) atoms. The second-order valence-corrected chi connectivity index (χ2v) is 10.0. The number of piperidine rings is 1. The first-order valence-electron chi connectivity index (χ1n) is 12.7. The van der Waals surface area contributed by atoms with Gasteiger partial charge in [0.1, 0.15) is 5.82 Å². The van der Waals surface area contributed by atoms with E-state index in [1.165, 1.54) is 11.4 Å². The van der Waals surface area contributed by atoms with Crippen LogP contribution in [-0.2, 0) is 9.59 Å². The number of hydrogen-bond acceptors (Lipinski definition) is 7. The molecule has 0 aliphatic carbocycles. The van der Waals surface area contributed by atoms with Gasteiger partial charge in [-0.05, 0) is 38.7 Å². The highest BCUT2D eigenvalue weighted by atomic mass is 16.2. The molecule has 2 bridgehead atoms. The average Bonchev–Trinajstić information content (AvgIpc) is 3.46. The Labute approximate surface area is 218 Å². The molecule has 2 aliphatic rings. The van der Waals surface area contributed by atoms with Gasteiger partial charge in [0, 0.05) is 40.9 Å². The molecule has 2 unspecified atom stereocenters. The van der Waals surface area contributed by atoms with Crippen molar-refractivity contribution in [3.8, 4) is 22.4 Å². The predicted molar refractivity (Wildman–Crippen MR) is 141 cm³/mol. The summed E-state index contributed by atoms with van der Waals surface area (Å²) >= 11 is 0. The van der Waals surface area contributed by atoms with Crippen molar-refractivity contribution in [2.45, 2.75) is 50.6 Å². The van der Waals surface area contributed by atoms with Crippen LogP contribution in [-0.4, -0.2) is 54.2 Å². The van der Waals surface area contributed by atoms with E-state index in [1.807, 2.05) is 42.5 Å². The molecule has 4 N–H and O–H groups in total. The second-order valence-electron chi connectivity index (χ2n) is 10.0. The fraction of sp³-hybridized carbons (Fsp3) is 0.286. The SMILES string of the molecule is CC(=O)c1c(C2CC3CCC(C2)N3C(=O)C(N)=O)nc2c(-c3ccc(-c4ccccc4)nc3)cnn2c1N. The van der Waals surface area contributed by atoms with E-state index in [-0.39, 0.29) is 29.6 Å². The van der Waals surface area contributed by atoms with Gasteiger partial charge in [0.05, 0.1) is 23.1 Å². The average molecular weight is 510 g/mol. The zero-order valence-electron chi connectivity index (χ0n) is 20.9. The minimum atomic E-state index is -0.940. The molecule has 5 heterocycles. The highest BCUT2D eigenvalue weighted by molar-refractivity contribution is 6.34. The van der Waals surface area contributed by atoms with Crippen LogP contribution < -0.4 is 11.5 Å². The molecule has 2 saturated heterocycles. The molecule has 2 fully saturated rings. The van der Waals surface area contributed by atoms with Crippen LogP contribution in [0.15, 0.2) is 54.9 Å². The Hall–Kier alpha value is -4.60. The largest absolute Gasteiger partial charge is 0.383 e. The van der Waals surface area contributed by atoms with Gasteiger partial charge in [0.25, 0.3) is 0 Å². The van der Waals surface area contributed by atoms with Crippen LogP contribution in [0.4, 0.5) is 5.82 Å². The van der Waals surface area contributed by atoms with Crippen LogP contribution in [0.5, 0.6) is 0 Å². The summed E-state index contributed by atoms with van der Waals surface area (Å²) in [5, 5.41) is 4.45. The fourth-order valence-electron chi connectivity index (χ4n) is 6.08. The lowest BCUT2D eigenvalue weighted by Gasteiger charge is -2.38. The second kappa shape index (κ2) is 9.05. The molecule has 1 aromatic carbocycles. The minimum Gasteiger partial charge on any atom is -0.383 e. The van der Waals surface area contributed by atoms with Gasteiger partial charge in [-0.25, -0.2) is 4.98 Å². The maximum absolute atomic E-state index is 12.8. The van der Waals surface area contributed by atoms with Gasteiger partial charge in [0.15, 0.2) is 11.4 Å². The van der Waals surface area contributed by atoms with Crippen LogP contribution in [0.1, 0.15) is 54.6 Å². The number of pyridine rings is 1. The molecular weight excluding hydrogens is 482 g/mol. The number of fused-ring (bicyclic) bond motifs is 3. The molecular formula is C28H27N7O3. The van der Waals surface area contributed by atoms with Gasteiger partial charge in [-0.3, -0.25) is 19.4 Å². The van der Waals surface area contributed by atoms with Crippen LogP contribution >= 0.6 is 0 Å². The Morgan fingerprint density at radius 3 is 2.26 bits per heavy atom. The van der Waals surface area contributed by atoms with Crippen molar-refractivity contribution in [2.75, 3.05) is 5.73 Å². The Balaban J connectivity index is 1.40. The number of nitrogens with zero attached hydrogens (tertiary/aromatic N) is 5. The number of rotatable bonds is 4. The maximum Gasteiger partial charge on any atom is 0.312 e. The first-order valence-corrected chi connectivity index (χ1v) is 12.7. The topological polar surface area (TPSA) is 150 Å². The van der Waals surface area contributed by atoms with Gasteiger partial charge in [-0.2, -0.15) is 9.61 Å². The molecule has 0 radical (unpaired) electrons. The van der Waals surface area contributed by atoms with Crippen molar-refractivity contribution in [3.63, 3.8) is 0 Å². The summed E-state index contributed by atoms with van der Waals surface area (Å²) in [6.45, 7) is 1.47. The molecule has 10 heteroatoms. The number of carbonyl (C=O) groups excluding carboxylic acids is 3. The molecule has 4 aromatic rings. The fourth-order valence-corrected chi connectivity index (χ4v) is 6.08. The van der Waals surface area contributed by atoms with E-state index < -0.39 is 11.8 Å². The highest BCUT2D eigenvalue weighted by Gasteiger charge is 2.46. The molecule has 192 valence electrons. The maximum atomic E-state index is 12.8. The number of nitrogen functional groups attached to an aromatic ring is 1. The lowest BCUT2D eigenvalue weighted by atomic mass is 9.85. The number of Topliss-reactive ketones (excluding diaryl/α,β-unsaturated/α-hetero) is 1. The smallest absolute Gasteiger partial charge is 0.312 e. The van der Waals surface area contributed by atoms with Crippen molar-refractivity contribution in [3.05, 3.63) is 66.1 Å². The van der Waals surface area contributed by atoms with Crippen molar-refractivity contribution < 1.29 is 14.4 Å². The van der Waals surface area contributed by atoms with Gasteiger partial charge in [-0.1, -0.05) is 36.4 Å². The minimum absolute atomic E-state index is 0.100.